The summed E-state index contributed by atoms with van der Waals surface area (Å²) in [5.74, 6) is 0.134. The number of H-pyrrole nitrogens is 1. The summed E-state index contributed by atoms with van der Waals surface area (Å²) >= 11 is 0. The molecule has 100 valence electrons. The van der Waals surface area contributed by atoms with E-state index in [4.69, 9.17) is 0 Å². The van der Waals surface area contributed by atoms with Gasteiger partial charge in [0.15, 0.2) is 0 Å². The predicted molar refractivity (Wildman–Crippen MR) is 71.4 cm³/mol. The Kier molecular flexibility index (Phi) is 4.78. The number of carbonyl (C=O) groups excluding carboxylic acids is 1. The Morgan fingerprint density at radius 3 is 3.22 bits per heavy atom. The number of hydrogen-bond acceptors (Lipinski definition) is 3. The summed E-state index contributed by atoms with van der Waals surface area (Å²) in [5, 5.41) is 6.34. The summed E-state index contributed by atoms with van der Waals surface area (Å²) < 4.78 is 0. The molecule has 5 nitrogen and oxygen atoms in total. The molecule has 18 heavy (non-hydrogen) atoms. The first-order valence-electron chi connectivity index (χ1n) is 6.55. The van der Waals surface area contributed by atoms with E-state index in [0.29, 0.717) is 13.0 Å². The van der Waals surface area contributed by atoms with E-state index in [0.717, 1.165) is 31.7 Å². The highest BCUT2D eigenvalue weighted by Crippen LogP contribution is 2.00. The van der Waals surface area contributed by atoms with Gasteiger partial charge in [-0.25, -0.2) is 0 Å². The fourth-order valence-electron chi connectivity index (χ4n) is 2.28. The summed E-state index contributed by atoms with van der Waals surface area (Å²) in [6, 6.07) is 4.29. The lowest BCUT2D eigenvalue weighted by atomic mass is 10.1. The van der Waals surface area contributed by atoms with Gasteiger partial charge in [-0.05, 0) is 19.2 Å². The third kappa shape index (κ3) is 4.16. The van der Waals surface area contributed by atoms with E-state index in [-0.39, 0.29) is 11.9 Å². The lowest BCUT2D eigenvalue weighted by molar-refractivity contribution is -0.121. The normalized spacial score (nSPS) is 20.8. The molecule has 1 amide bonds. The molecule has 0 aliphatic carbocycles. The lowest BCUT2D eigenvalue weighted by Gasteiger charge is -2.30. The maximum Gasteiger partial charge on any atom is 0.221 e. The van der Waals surface area contributed by atoms with Gasteiger partial charge in [0.05, 0.1) is 0 Å². The van der Waals surface area contributed by atoms with Crippen molar-refractivity contribution in [2.45, 2.75) is 18.9 Å². The molecule has 0 bridgehead atoms. The van der Waals surface area contributed by atoms with Crippen LogP contribution in [0.4, 0.5) is 0 Å². The van der Waals surface area contributed by atoms with Crippen LogP contribution in [0, 0.1) is 0 Å². The molecule has 5 heteroatoms. The van der Waals surface area contributed by atoms with Crippen LogP contribution in [0.5, 0.6) is 0 Å². The van der Waals surface area contributed by atoms with Crippen molar-refractivity contribution < 1.29 is 4.79 Å². The predicted octanol–water partition coefficient (Wildman–Crippen LogP) is -0.0329. The molecule has 1 fully saturated rings. The summed E-state index contributed by atoms with van der Waals surface area (Å²) in [7, 11) is 2.09. The van der Waals surface area contributed by atoms with Gasteiger partial charge in [0.2, 0.25) is 5.91 Å². The minimum Gasteiger partial charge on any atom is -0.365 e. The fourth-order valence-corrected chi connectivity index (χ4v) is 2.28. The van der Waals surface area contributed by atoms with Gasteiger partial charge in [0.1, 0.15) is 0 Å². The van der Waals surface area contributed by atoms with Gasteiger partial charge < -0.3 is 20.5 Å². The highest BCUT2D eigenvalue weighted by molar-refractivity contribution is 5.76. The molecule has 2 heterocycles. The minimum atomic E-state index is 0.134. The van der Waals surface area contributed by atoms with Gasteiger partial charge in [0, 0.05) is 57.0 Å². The maximum absolute atomic E-state index is 11.8. The minimum absolute atomic E-state index is 0.134. The number of carbonyl (C=O) groups is 1. The third-order valence-corrected chi connectivity index (χ3v) is 3.27. The summed E-state index contributed by atoms with van der Waals surface area (Å²) in [6.07, 6.45) is 3.32. The summed E-state index contributed by atoms with van der Waals surface area (Å²) in [5.41, 5.74) is 1.16. The second-order valence-corrected chi connectivity index (χ2v) is 4.91. The second-order valence-electron chi connectivity index (χ2n) is 4.91. The molecular weight excluding hydrogens is 228 g/mol. The molecule has 2 rings (SSSR count). The average Bonchev–Trinajstić information content (AvgIpc) is 2.82. The number of aromatic amines is 1. The Hall–Kier alpha value is -1.33. The zero-order chi connectivity index (χ0) is 12.8. The highest BCUT2D eigenvalue weighted by atomic mass is 16.1. The number of likely N-dealkylation sites (N-methyl/N-ethyl adjacent to an activating group) is 1. The van der Waals surface area contributed by atoms with Crippen LogP contribution < -0.4 is 10.6 Å². The second kappa shape index (κ2) is 6.56. The van der Waals surface area contributed by atoms with Crippen molar-refractivity contribution in [1.82, 2.24) is 20.5 Å². The Bertz CT molecular complexity index is 363. The molecule has 1 unspecified atom stereocenters. The van der Waals surface area contributed by atoms with Crippen molar-refractivity contribution in [2.24, 2.45) is 0 Å². The zero-order valence-electron chi connectivity index (χ0n) is 10.9. The van der Waals surface area contributed by atoms with Crippen molar-refractivity contribution in [2.75, 3.05) is 33.2 Å². The molecule has 1 aliphatic rings. The van der Waals surface area contributed by atoms with Gasteiger partial charge >= 0.3 is 0 Å². The van der Waals surface area contributed by atoms with E-state index in [1.807, 2.05) is 18.3 Å². The van der Waals surface area contributed by atoms with Gasteiger partial charge in [-0.1, -0.05) is 0 Å². The van der Waals surface area contributed by atoms with Gasteiger partial charge in [0.25, 0.3) is 0 Å². The van der Waals surface area contributed by atoms with Crippen molar-refractivity contribution >= 4 is 5.91 Å². The summed E-state index contributed by atoms with van der Waals surface area (Å²) in [4.78, 5) is 17.2. The molecule has 0 radical (unpaired) electrons. The van der Waals surface area contributed by atoms with E-state index in [9.17, 15) is 4.79 Å². The monoisotopic (exact) mass is 250 g/mol. The van der Waals surface area contributed by atoms with Crippen molar-refractivity contribution in [3.05, 3.63) is 24.0 Å². The maximum atomic E-state index is 11.8. The van der Waals surface area contributed by atoms with Crippen LogP contribution >= 0.6 is 0 Å². The van der Waals surface area contributed by atoms with Gasteiger partial charge in [-0.15, -0.1) is 0 Å². The lowest BCUT2D eigenvalue weighted by Crippen LogP contribution is -2.50. The number of nitrogens with zero attached hydrogens (tertiary/aromatic N) is 1. The largest absolute Gasteiger partial charge is 0.365 e. The molecular formula is C13H22N4O. The first kappa shape index (κ1) is 13.1. The van der Waals surface area contributed by atoms with Crippen LogP contribution in [0.1, 0.15) is 12.1 Å². The first-order chi connectivity index (χ1) is 8.74. The Morgan fingerprint density at radius 2 is 2.50 bits per heavy atom. The molecule has 1 saturated heterocycles. The Balaban J connectivity index is 1.62. The van der Waals surface area contributed by atoms with Crippen LogP contribution in [0.2, 0.25) is 0 Å². The molecule has 0 spiro atoms. The Morgan fingerprint density at radius 1 is 1.61 bits per heavy atom. The van der Waals surface area contributed by atoms with Gasteiger partial charge in [-0.2, -0.15) is 0 Å². The zero-order valence-corrected chi connectivity index (χ0v) is 10.9. The van der Waals surface area contributed by atoms with Crippen LogP contribution in [0.15, 0.2) is 18.3 Å². The number of rotatable bonds is 5. The van der Waals surface area contributed by atoms with Crippen LogP contribution in [0.3, 0.4) is 0 Å². The molecule has 1 aromatic rings. The van der Waals surface area contributed by atoms with E-state index in [1.54, 1.807) is 0 Å². The number of hydrogen-bond donors (Lipinski definition) is 3. The Labute approximate surface area is 108 Å². The summed E-state index contributed by atoms with van der Waals surface area (Å²) in [6.45, 7) is 3.67. The first-order valence-corrected chi connectivity index (χ1v) is 6.55. The van der Waals surface area contributed by atoms with Crippen LogP contribution in [-0.4, -0.2) is 55.1 Å². The average molecular weight is 250 g/mol. The van der Waals surface area contributed by atoms with E-state index < -0.39 is 0 Å². The third-order valence-electron chi connectivity index (χ3n) is 3.27. The molecule has 1 aromatic heterocycles. The number of aromatic nitrogens is 1. The molecule has 0 aromatic carbocycles. The smallest absolute Gasteiger partial charge is 0.221 e. The highest BCUT2D eigenvalue weighted by Gasteiger charge is 2.18. The van der Waals surface area contributed by atoms with Crippen molar-refractivity contribution in [1.29, 1.82) is 0 Å². The molecule has 0 saturated carbocycles. The van der Waals surface area contributed by atoms with E-state index in [2.05, 4.69) is 27.6 Å². The quantitative estimate of drug-likeness (QED) is 0.687. The molecule has 1 atom stereocenters. The van der Waals surface area contributed by atoms with E-state index in [1.165, 1.54) is 0 Å². The van der Waals surface area contributed by atoms with Crippen LogP contribution in [-0.2, 0) is 11.2 Å². The van der Waals surface area contributed by atoms with Crippen LogP contribution in [0.25, 0.3) is 0 Å². The van der Waals surface area contributed by atoms with E-state index >= 15 is 0 Å². The van der Waals surface area contributed by atoms with Gasteiger partial charge in [-0.3, -0.25) is 4.79 Å². The fraction of sp³-hybridized carbons (Fsp3) is 0.615. The number of piperazine rings is 1. The van der Waals surface area contributed by atoms with Crippen molar-refractivity contribution in [3.8, 4) is 0 Å². The SMILES string of the molecule is CN1CCNC(CC(=O)NCCc2ccc[nH]2)C1. The number of amides is 1. The number of nitrogens with one attached hydrogen (secondary N) is 3. The standard InChI is InChI=1S/C13H22N4O/c1-17-8-7-15-12(10-17)9-13(18)16-6-4-11-3-2-5-14-11/h2-3,5,12,14-15H,4,6-10H2,1H3,(H,16,18). The van der Waals surface area contributed by atoms with Crippen molar-refractivity contribution in [3.63, 3.8) is 0 Å². The molecule has 1 aliphatic heterocycles. The topological polar surface area (TPSA) is 60.2 Å². The molecule has 3 N–H and O–H groups in total.